The third-order valence-electron chi connectivity index (χ3n) is 7.04. The second-order valence-electron chi connectivity index (χ2n) is 9.86. The molecule has 3 rings (SSSR count). The van der Waals surface area contributed by atoms with Crippen molar-refractivity contribution in [2.45, 2.75) is 115 Å². The average Bonchev–Trinajstić information content (AvgIpc) is 3.61. The summed E-state index contributed by atoms with van der Waals surface area (Å²) in [5.41, 5.74) is 3.69. The number of carbonyl (C=O) groups is 1. The number of benzene rings is 1. The van der Waals surface area contributed by atoms with E-state index in [9.17, 15) is 4.79 Å². The van der Waals surface area contributed by atoms with Crippen LogP contribution in [0.25, 0.3) is 0 Å². The highest BCUT2D eigenvalue weighted by atomic mass is 16.5. The van der Waals surface area contributed by atoms with E-state index in [2.05, 4.69) is 31.2 Å². The van der Waals surface area contributed by atoms with Crippen LogP contribution in [0.2, 0.25) is 0 Å². The van der Waals surface area contributed by atoms with Crippen LogP contribution in [0.4, 0.5) is 0 Å². The van der Waals surface area contributed by atoms with Gasteiger partial charge in [-0.25, -0.2) is 0 Å². The minimum absolute atomic E-state index is 0.0636. The summed E-state index contributed by atoms with van der Waals surface area (Å²) < 4.78 is 5.22. The fraction of sp³-hybridized carbons (Fsp3) is 0.731. The smallest absolute Gasteiger partial charge is 0.293 e. The summed E-state index contributed by atoms with van der Waals surface area (Å²) in [5, 5.41) is 0. The standard InChI is InChI=1S/C26H40O2/c1-25(17-18-25)15-8-4-2-6-11-23-13-10-14-24(21-23)12-7-3-5-9-16-26(19-20-26)28-22-27/h10,13-14,21-22H,2-9,11-12,15-20H2,1H3. The molecule has 0 atom stereocenters. The predicted octanol–water partition coefficient (Wildman–Crippen LogP) is 7.18. The fourth-order valence-corrected chi connectivity index (χ4v) is 4.44. The van der Waals surface area contributed by atoms with Gasteiger partial charge in [0.15, 0.2) is 0 Å². The molecule has 156 valence electrons. The normalized spacial score (nSPS) is 18.6. The highest BCUT2D eigenvalue weighted by Crippen LogP contribution is 2.49. The lowest BCUT2D eigenvalue weighted by Gasteiger charge is -2.12. The Morgan fingerprint density at radius 3 is 1.93 bits per heavy atom. The van der Waals surface area contributed by atoms with Crippen molar-refractivity contribution in [3.8, 4) is 0 Å². The van der Waals surface area contributed by atoms with Crippen molar-refractivity contribution in [1.82, 2.24) is 0 Å². The highest BCUT2D eigenvalue weighted by molar-refractivity contribution is 5.39. The van der Waals surface area contributed by atoms with Gasteiger partial charge in [-0.3, -0.25) is 4.79 Å². The molecule has 2 heteroatoms. The van der Waals surface area contributed by atoms with Crippen LogP contribution in [0.3, 0.4) is 0 Å². The first-order chi connectivity index (χ1) is 13.6. The maximum absolute atomic E-state index is 10.5. The molecule has 2 saturated carbocycles. The third-order valence-corrected chi connectivity index (χ3v) is 7.04. The Morgan fingerprint density at radius 1 is 0.821 bits per heavy atom. The van der Waals surface area contributed by atoms with E-state index in [1.54, 1.807) is 0 Å². The zero-order chi connectivity index (χ0) is 19.7. The average molecular weight is 385 g/mol. The van der Waals surface area contributed by atoms with Crippen LogP contribution in [0.1, 0.15) is 108 Å². The maximum atomic E-state index is 10.5. The Hall–Kier alpha value is -1.31. The summed E-state index contributed by atoms with van der Waals surface area (Å²) in [7, 11) is 0. The molecule has 0 saturated heterocycles. The molecule has 0 heterocycles. The van der Waals surface area contributed by atoms with Crippen molar-refractivity contribution in [3.05, 3.63) is 35.4 Å². The van der Waals surface area contributed by atoms with E-state index >= 15 is 0 Å². The van der Waals surface area contributed by atoms with Crippen molar-refractivity contribution >= 4 is 6.47 Å². The van der Waals surface area contributed by atoms with E-state index in [1.807, 2.05) is 0 Å². The van der Waals surface area contributed by atoms with Gasteiger partial charge in [0.2, 0.25) is 0 Å². The summed E-state index contributed by atoms with van der Waals surface area (Å²) in [6.07, 6.45) is 20.6. The van der Waals surface area contributed by atoms with E-state index in [0.29, 0.717) is 6.47 Å². The molecule has 1 aromatic rings. The van der Waals surface area contributed by atoms with E-state index in [0.717, 1.165) is 24.7 Å². The molecule has 0 unspecified atom stereocenters. The first-order valence-corrected chi connectivity index (χ1v) is 11.8. The van der Waals surface area contributed by atoms with Crippen molar-refractivity contribution < 1.29 is 9.53 Å². The van der Waals surface area contributed by atoms with Crippen LogP contribution >= 0.6 is 0 Å². The van der Waals surface area contributed by atoms with Crippen molar-refractivity contribution in [1.29, 1.82) is 0 Å². The van der Waals surface area contributed by atoms with Gasteiger partial charge >= 0.3 is 0 Å². The molecule has 1 aromatic carbocycles. The summed E-state index contributed by atoms with van der Waals surface area (Å²) in [6, 6.07) is 9.27. The van der Waals surface area contributed by atoms with E-state index in [4.69, 9.17) is 4.74 Å². The Balaban J connectivity index is 1.21. The molecule has 2 aliphatic carbocycles. The highest BCUT2D eigenvalue weighted by Gasteiger charge is 2.44. The molecule has 0 aliphatic heterocycles. The minimum Gasteiger partial charge on any atom is -0.461 e. The van der Waals surface area contributed by atoms with Crippen molar-refractivity contribution in [3.63, 3.8) is 0 Å². The van der Waals surface area contributed by atoms with Crippen LogP contribution in [0, 0.1) is 5.41 Å². The van der Waals surface area contributed by atoms with Crippen LogP contribution in [-0.4, -0.2) is 12.1 Å². The minimum atomic E-state index is -0.0636. The topological polar surface area (TPSA) is 26.3 Å². The van der Waals surface area contributed by atoms with Crippen molar-refractivity contribution in [2.75, 3.05) is 0 Å². The van der Waals surface area contributed by atoms with Crippen LogP contribution in [0.5, 0.6) is 0 Å². The molecule has 2 fully saturated rings. The zero-order valence-electron chi connectivity index (χ0n) is 18.0. The molecule has 28 heavy (non-hydrogen) atoms. The van der Waals surface area contributed by atoms with Gasteiger partial charge in [0, 0.05) is 0 Å². The van der Waals surface area contributed by atoms with Gasteiger partial charge in [-0.2, -0.15) is 0 Å². The second-order valence-corrected chi connectivity index (χ2v) is 9.86. The molecule has 0 amide bonds. The first-order valence-electron chi connectivity index (χ1n) is 11.8. The Labute approximate surface area is 172 Å². The Morgan fingerprint density at radius 2 is 1.39 bits per heavy atom. The largest absolute Gasteiger partial charge is 0.461 e. The number of hydrogen-bond donors (Lipinski definition) is 0. The lowest BCUT2D eigenvalue weighted by Crippen LogP contribution is -2.12. The lowest BCUT2D eigenvalue weighted by molar-refractivity contribution is -0.135. The molecule has 0 spiro atoms. The Bertz CT molecular complexity index is 598. The number of carbonyl (C=O) groups excluding carboxylic acids is 1. The molecule has 0 N–H and O–H groups in total. The monoisotopic (exact) mass is 384 g/mol. The molecule has 0 aromatic heterocycles. The van der Waals surface area contributed by atoms with Gasteiger partial charge in [0.25, 0.3) is 6.47 Å². The summed E-state index contributed by atoms with van der Waals surface area (Å²) in [5.74, 6) is 0. The number of rotatable bonds is 16. The number of unbranched alkanes of at least 4 members (excludes halogenated alkanes) is 6. The fourth-order valence-electron chi connectivity index (χ4n) is 4.44. The lowest BCUT2D eigenvalue weighted by atomic mass is 9.98. The summed E-state index contributed by atoms with van der Waals surface area (Å²) in [6.45, 7) is 3.08. The van der Waals surface area contributed by atoms with Gasteiger partial charge in [-0.05, 0) is 87.2 Å². The Kier molecular flexibility index (Phi) is 8.00. The van der Waals surface area contributed by atoms with Crippen LogP contribution in [0.15, 0.2) is 24.3 Å². The summed E-state index contributed by atoms with van der Waals surface area (Å²) in [4.78, 5) is 10.5. The van der Waals surface area contributed by atoms with Gasteiger partial charge in [0.05, 0.1) is 0 Å². The van der Waals surface area contributed by atoms with E-state index in [-0.39, 0.29) is 5.60 Å². The molecular formula is C26H40O2. The number of ether oxygens (including phenoxy) is 1. The molecular weight excluding hydrogens is 344 g/mol. The first kappa shape index (κ1) is 21.4. The molecule has 0 radical (unpaired) electrons. The molecule has 2 aliphatic rings. The van der Waals surface area contributed by atoms with E-state index in [1.165, 1.54) is 94.6 Å². The number of aryl methyl sites for hydroxylation is 2. The maximum Gasteiger partial charge on any atom is 0.293 e. The second kappa shape index (κ2) is 10.5. The molecule has 2 nitrogen and oxygen atoms in total. The predicted molar refractivity (Wildman–Crippen MR) is 116 cm³/mol. The molecule has 0 bridgehead atoms. The van der Waals surface area contributed by atoms with Gasteiger partial charge in [0.1, 0.15) is 5.60 Å². The number of hydrogen-bond acceptors (Lipinski definition) is 2. The summed E-state index contributed by atoms with van der Waals surface area (Å²) >= 11 is 0. The van der Waals surface area contributed by atoms with Gasteiger partial charge < -0.3 is 4.74 Å². The van der Waals surface area contributed by atoms with Crippen LogP contribution < -0.4 is 0 Å². The SMILES string of the molecule is CC1(CCCCCCc2cccc(CCCCCCC3(OC=O)CC3)c2)CC1. The zero-order valence-corrected chi connectivity index (χ0v) is 18.0. The van der Waals surface area contributed by atoms with E-state index < -0.39 is 0 Å². The van der Waals surface area contributed by atoms with Gasteiger partial charge in [-0.15, -0.1) is 0 Å². The van der Waals surface area contributed by atoms with Gasteiger partial charge in [-0.1, -0.05) is 63.3 Å². The third kappa shape index (κ3) is 7.60. The quantitative estimate of drug-likeness (QED) is 0.223. The van der Waals surface area contributed by atoms with Crippen LogP contribution in [-0.2, 0) is 22.4 Å². The van der Waals surface area contributed by atoms with Crippen molar-refractivity contribution in [2.24, 2.45) is 5.41 Å².